The molecule has 0 spiro atoms. The average Bonchev–Trinajstić information content (AvgIpc) is 2.57. The van der Waals surface area contributed by atoms with E-state index in [1.54, 1.807) is 18.1 Å². The Morgan fingerprint density at radius 2 is 1.75 bits per heavy atom. The van der Waals surface area contributed by atoms with Crippen molar-refractivity contribution in [3.05, 3.63) is 46.5 Å². The maximum atomic E-state index is 12.8. The molecule has 3 heterocycles. The third-order valence-corrected chi connectivity index (χ3v) is 4.00. The van der Waals surface area contributed by atoms with Crippen LogP contribution in [0.2, 0.25) is 0 Å². The second-order valence-electron chi connectivity index (χ2n) is 5.55. The molecule has 0 radical (unpaired) electrons. The van der Waals surface area contributed by atoms with Gasteiger partial charge in [0.15, 0.2) is 0 Å². The molecule has 128 valence electrons. The Bertz CT molecular complexity index is 781. The van der Waals surface area contributed by atoms with Gasteiger partial charge in [-0.15, -0.1) is 0 Å². The van der Waals surface area contributed by atoms with Crippen LogP contribution >= 0.6 is 0 Å². The van der Waals surface area contributed by atoms with Gasteiger partial charge in [0.1, 0.15) is 5.82 Å². The van der Waals surface area contributed by atoms with Crippen molar-refractivity contribution in [3.8, 4) is 0 Å². The summed E-state index contributed by atoms with van der Waals surface area (Å²) in [5.41, 5.74) is -0.185. The van der Waals surface area contributed by atoms with Crippen molar-refractivity contribution in [1.82, 2.24) is 14.8 Å². The third kappa shape index (κ3) is 3.34. The number of nitrogens with zero attached hydrogens (tertiary/aromatic N) is 5. The third-order valence-electron chi connectivity index (χ3n) is 4.00. The molecule has 2 aromatic rings. The number of hydrogen-bond acceptors (Lipinski definition) is 5. The zero-order valence-electron chi connectivity index (χ0n) is 13.0. The van der Waals surface area contributed by atoms with E-state index in [1.807, 2.05) is 4.90 Å². The number of aryl methyl sites for hydroxylation is 1. The molecule has 2 aromatic heterocycles. The van der Waals surface area contributed by atoms with Crippen LogP contribution in [0.4, 0.5) is 24.7 Å². The summed E-state index contributed by atoms with van der Waals surface area (Å²) in [4.78, 5) is 19.5. The molecule has 0 saturated carbocycles. The molecule has 0 unspecified atom stereocenters. The van der Waals surface area contributed by atoms with Gasteiger partial charge in [0.05, 0.1) is 17.4 Å². The Morgan fingerprint density at radius 3 is 2.38 bits per heavy atom. The van der Waals surface area contributed by atoms with Gasteiger partial charge in [0, 0.05) is 45.5 Å². The van der Waals surface area contributed by atoms with E-state index in [1.165, 1.54) is 16.9 Å². The SMILES string of the molecule is Cn1ncc(N2CCN(c3cc(C(F)(F)F)ccn3)CC2)cc1=O. The van der Waals surface area contributed by atoms with Gasteiger partial charge in [-0.3, -0.25) is 4.79 Å². The van der Waals surface area contributed by atoms with Crippen LogP contribution in [0.25, 0.3) is 0 Å². The predicted molar refractivity (Wildman–Crippen MR) is 83.1 cm³/mol. The molecule has 0 aliphatic carbocycles. The first-order valence-electron chi connectivity index (χ1n) is 7.41. The Morgan fingerprint density at radius 1 is 1.08 bits per heavy atom. The lowest BCUT2D eigenvalue weighted by molar-refractivity contribution is -0.137. The van der Waals surface area contributed by atoms with E-state index >= 15 is 0 Å². The highest BCUT2D eigenvalue weighted by Gasteiger charge is 2.31. The van der Waals surface area contributed by atoms with E-state index in [-0.39, 0.29) is 5.56 Å². The summed E-state index contributed by atoms with van der Waals surface area (Å²) in [7, 11) is 1.57. The van der Waals surface area contributed by atoms with Crippen LogP contribution in [0.1, 0.15) is 5.56 Å². The first kappa shape index (κ1) is 16.3. The summed E-state index contributed by atoms with van der Waals surface area (Å²) in [5.74, 6) is 0.312. The molecule has 0 atom stereocenters. The second-order valence-corrected chi connectivity index (χ2v) is 5.55. The molecule has 0 bridgehead atoms. The molecule has 24 heavy (non-hydrogen) atoms. The molecule has 1 fully saturated rings. The predicted octanol–water partition coefficient (Wildman–Crippen LogP) is 1.52. The number of rotatable bonds is 2. The van der Waals surface area contributed by atoms with Crippen molar-refractivity contribution in [2.24, 2.45) is 7.05 Å². The van der Waals surface area contributed by atoms with Gasteiger partial charge in [0.2, 0.25) is 0 Å². The maximum Gasteiger partial charge on any atom is 0.416 e. The smallest absolute Gasteiger partial charge is 0.367 e. The Balaban J connectivity index is 1.71. The maximum absolute atomic E-state index is 12.8. The lowest BCUT2D eigenvalue weighted by atomic mass is 10.2. The van der Waals surface area contributed by atoms with Crippen LogP contribution in [-0.4, -0.2) is 40.9 Å². The van der Waals surface area contributed by atoms with Gasteiger partial charge in [0.25, 0.3) is 5.56 Å². The molecule has 0 aromatic carbocycles. The lowest BCUT2D eigenvalue weighted by Crippen LogP contribution is -2.47. The van der Waals surface area contributed by atoms with Crippen molar-refractivity contribution in [2.75, 3.05) is 36.0 Å². The van der Waals surface area contributed by atoms with Crippen molar-refractivity contribution >= 4 is 11.5 Å². The van der Waals surface area contributed by atoms with Gasteiger partial charge < -0.3 is 9.80 Å². The average molecular weight is 339 g/mol. The number of alkyl halides is 3. The Kier molecular flexibility index (Phi) is 4.16. The normalized spacial score (nSPS) is 15.7. The van der Waals surface area contributed by atoms with Crippen LogP contribution in [0.3, 0.4) is 0 Å². The molecule has 1 aliphatic rings. The number of aromatic nitrogens is 3. The number of hydrogen-bond donors (Lipinski definition) is 0. The minimum atomic E-state index is -4.38. The number of halogens is 3. The summed E-state index contributed by atoms with van der Waals surface area (Å²) in [6, 6.07) is 3.53. The van der Waals surface area contributed by atoms with E-state index in [4.69, 9.17) is 0 Å². The molecular formula is C15H16F3N5O. The zero-order valence-corrected chi connectivity index (χ0v) is 13.0. The van der Waals surface area contributed by atoms with E-state index in [2.05, 4.69) is 10.1 Å². The molecule has 1 aliphatic heterocycles. The van der Waals surface area contributed by atoms with E-state index in [0.717, 1.165) is 17.8 Å². The Hall–Kier alpha value is -2.58. The van der Waals surface area contributed by atoms with Gasteiger partial charge >= 0.3 is 6.18 Å². The molecule has 0 N–H and O–H groups in total. The van der Waals surface area contributed by atoms with E-state index < -0.39 is 11.7 Å². The summed E-state index contributed by atoms with van der Waals surface area (Å²) < 4.78 is 39.6. The minimum absolute atomic E-state index is 0.200. The summed E-state index contributed by atoms with van der Waals surface area (Å²) in [6.45, 7) is 2.19. The molecule has 1 saturated heterocycles. The van der Waals surface area contributed by atoms with Crippen molar-refractivity contribution in [3.63, 3.8) is 0 Å². The molecular weight excluding hydrogens is 323 g/mol. The van der Waals surface area contributed by atoms with Gasteiger partial charge in [-0.2, -0.15) is 18.3 Å². The molecule has 3 rings (SSSR count). The van der Waals surface area contributed by atoms with E-state index in [9.17, 15) is 18.0 Å². The lowest BCUT2D eigenvalue weighted by Gasteiger charge is -2.36. The zero-order chi connectivity index (χ0) is 17.3. The minimum Gasteiger partial charge on any atom is -0.367 e. The van der Waals surface area contributed by atoms with Crippen molar-refractivity contribution < 1.29 is 13.2 Å². The monoisotopic (exact) mass is 339 g/mol. The summed E-state index contributed by atoms with van der Waals surface area (Å²) in [6.07, 6.45) is -1.59. The van der Waals surface area contributed by atoms with Gasteiger partial charge in [-0.25, -0.2) is 9.67 Å². The largest absolute Gasteiger partial charge is 0.416 e. The fourth-order valence-corrected chi connectivity index (χ4v) is 2.59. The first-order valence-corrected chi connectivity index (χ1v) is 7.41. The quantitative estimate of drug-likeness (QED) is 0.830. The topological polar surface area (TPSA) is 54.3 Å². The summed E-state index contributed by atoms with van der Waals surface area (Å²) in [5, 5.41) is 3.98. The summed E-state index contributed by atoms with van der Waals surface area (Å²) >= 11 is 0. The van der Waals surface area contributed by atoms with Crippen LogP contribution < -0.4 is 15.4 Å². The second kappa shape index (κ2) is 6.14. The van der Waals surface area contributed by atoms with Crippen LogP contribution in [-0.2, 0) is 13.2 Å². The fourth-order valence-electron chi connectivity index (χ4n) is 2.59. The number of piperazine rings is 1. The highest BCUT2D eigenvalue weighted by molar-refractivity contribution is 5.48. The molecule has 6 nitrogen and oxygen atoms in total. The first-order chi connectivity index (χ1) is 11.3. The highest BCUT2D eigenvalue weighted by Crippen LogP contribution is 2.31. The number of anilines is 2. The molecule has 0 amide bonds. The van der Waals surface area contributed by atoms with Gasteiger partial charge in [-0.05, 0) is 12.1 Å². The van der Waals surface area contributed by atoms with Gasteiger partial charge in [-0.1, -0.05) is 0 Å². The van der Waals surface area contributed by atoms with Crippen LogP contribution in [0.15, 0.2) is 35.4 Å². The van der Waals surface area contributed by atoms with Crippen LogP contribution in [0, 0.1) is 0 Å². The fraction of sp³-hybridized carbons (Fsp3) is 0.400. The molecule has 9 heteroatoms. The van der Waals surface area contributed by atoms with Crippen LogP contribution in [0.5, 0.6) is 0 Å². The van der Waals surface area contributed by atoms with Crippen molar-refractivity contribution in [2.45, 2.75) is 6.18 Å². The standard InChI is InChI=1S/C15H16F3N5O/c1-21-14(24)9-12(10-20-21)22-4-6-23(7-5-22)13-8-11(2-3-19-13)15(16,17)18/h2-3,8-10H,4-7H2,1H3. The number of pyridine rings is 1. The van der Waals surface area contributed by atoms with E-state index in [0.29, 0.717) is 32.0 Å². The Labute approximate surface area is 136 Å². The highest BCUT2D eigenvalue weighted by atomic mass is 19.4. The van der Waals surface area contributed by atoms with Crippen molar-refractivity contribution in [1.29, 1.82) is 0 Å².